The molecule has 1 N–H and O–H groups in total. The predicted molar refractivity (Wildman–Crippen MR) is 157 cm³/mol. The first-order chi connectivity index (χ1) is 18.1. The van der Waals surface area contributed by atoms with Gasteiger partial charge in [-0.1, -0.05) is 81.6 Å². The zero-order chi connectivity index (χ0) is 27.7. The monoisotopic (exact) mass is 663 g/mol. The summed E-state index contributed by atoms with van der Waals surface area (Å²) in [5.41, 5.74) is 1.15. The van der Waals surface area contributed by atoms with Crippen LogP contribution in [0, 0.1) is 0 Å². The van der Waals surface area contributed by atoms with Crippen molar-refractivity contribution in [3.63, 3.8) is 0 Å². The van der Waals surface area contributed by atoms with E-state index in [0.29, 0.717) is 16.7 Å². The van der Waals surface area contributed by atoms with Crippen LogP contribution in [0.1, 0.15) is 32.3 Å². The van der Waals surface area contributed by atoms with E-state index in [4.69, 9.17) is 0 Å². The van der Waals surface area contributed by atoms with E-state index < -0.39 is 28.5 Å². The molecule has 0 spiro atoms. The van der Waals surface area contributed by atoms with Crippen molar-refractivity contribution in [1.29, 1.82) is 0 Å². The summed E-state index contributed by atoms with van der Waals surface area (Å²) in [6.45, 7) is 3.87. The van der Waals surface area contributed by atoms with Gasteiger partial charge in [0.25, 0.3) is 10.0 Å². The standard InChI is InChI=1S/C28H31Br2N3O4S/c1-3-4-17-31-28(35)21(2)32(19-22-13-15-23(29)16-14-22)27(34)20-33(25-10-8-9-24(30)18-25)38(36,37)26-11-6-5-7-12-26/h5-16,18,21H,3-4,17,19-20H2,1-2H3,(H,31,35)/t21-/m1/s1. The highest BCUT2D eigenvalue weighted by Gasteiger charge is 2.32. The highest BCUT2D eigenvalue weighted by molar-refractivity contribution is 9.10. The number of carbonyl (C=O) groups excluding carboxylic acids is 2. The molecule has 0 saturated heterocycles. The number of nitrogens with zero attached hydrogens (tertiary/aromatic N) is 2. The zero-order valence-corrected chi connectivity index (χ0v) is 25.3. The number of hydrogen-bond donors (Lipinski definition) is 1. The molecule has 3 aromatic carbocycles. The van der Waals surface area contributed by atoms with E-state index in [1.807, 2.05) is 31.2 Å². The number of amides is 2. The van der Waals surface area contributed by atoms with Gasteiger partial charge in [0.15, 0.2) is 0 Å². The molecule has 3 rings (SSSR count). The molecule has 0 unspecified atom stereocenters. The molecule has 10 heteroatoms. The molecule has 0 bridgehead atoms. The van der Waals surface area contributed by atoms with Crippen molar-refractivity contribution in [3.05, 3.63) is 93.4 Å². The number of halogens is 2. The maximum absolute atomic E-state index is 13.9. The first-order valence-electron chi connectivity index (χ1n) is 12.3. The first kappa shape index (κ1) is 29.9. The van der Waals surface area contributed by atoms with Crippen molar-refractivity contribution in [2.45, 2.75) is 44.2 Å². The molecule has 0 aliphatic rings. The normalized spacial score (nSPS) is 12.0. The van der Waals surface area contributed by atoms with Crippen molar-refractivity contribution in [3.8, 4) is 0 Å². The van der Waals surface area contributed by atoms with Gasteiger partial charge in [-0.2, -0.15) is 0 Å². The lowest BCUT2D eigenvalue weighted by Crippen LogP contribution is -2.51. The van der Waals surface area contributed by atoms with E-state index >= 15 is 0 Å². The van der Waals surface area contributed by atoms with Crippen LogP contribution >= 0.6 is 31.9 Å². The Morgan fingerprint density at radius 3 is 2.24 bits per heavy atom. The van der Waals surface area contributed by atoms with Crippen molar-refractivity contribution >= 4 is 59.4 Å². The third kappa shape index (κ3) is 7.91. The first-order valence-corrected chi connectivity index (χ1v) is 15.3. The summed E-state index contributed by atoms with van der Waals surface area (Å²) < 4.78 is 30.1. The lowest BCUT2D eigenvalue weighted by Gasteiger charge is -2.32. The Morgan fingerprint density at radius 2 is 1.61 bits per heavy atom. The zero-order valence-electron chi connectivity index (χ0n) is 21.3. The molecule has 0 aliphatic heterocycles. The van der Waals surface area contributed by atoms with Crippen LogP contribution in [0.4, 0.5) is 5.69 Å². The number of sulfonamides is 1. The Labute approximate surface area is 241 Å². The van der Waals surface area contributed by atoms with Crippen LogP contribution in [0.2, 0.25) is 0 Å². The topological polar surface area (TPSA) is 86.8 Å². The second-order valence-corrected chi connectivity index (χ2v) is 12.5. The molecule has 0 aliphatic carbocycles. The van der Waals surface area contributed by atoms with Crippen LogP contribution in [0.15, 0.2) is 92.7 Å². The Balaban J connectivity index is 1.98. The summed E-state index contributed by atoms with van der Waals surface area (Å²) >= 11 is 6.81. The molecule has 0 saturated carbocycles. The van der Waals surface area contributed by atoms with E-state index in [1.54, 1.807) is 49.4 Å². The number of unbranched alkanes of at least 4 members (excludes halogenated alkanes) is 1. The van der Waals surface area contributed by atoms with Crippen molar-refractivity contribution in [1.82, 2.24) is 10.2 Å². The average molecular weight is 665 g/mol. The molecule has 0 aromatic heterocycles. The summed E-state index contributed by atoms with van der Waals surface area (Å²) in [6, 6.07) is 21.4. The molecule has 202 valence electrons. The number of rotatable bonds is 12. The van der Waals surface area contributed by atoms with Crippen molar-refractivity contribution in [2.75, 3.05) is 17.4 Å². The van der Waals surface area contributed by atoms with Gasteiger partial charge in [-0.15, -0.1) is 0 Å². The quantitative estimate of drug-likeness (QED) is 0.250. The number of nitrogens with one attached hydrogen (secondary N) is 1. The summed E-state index contributed by atoms with van der Waals surface area (Å²) in [4.78, 5) is 28.3. The van der Waals surface area contributed by atoms with Crippen LogP contribution in [0.25, 0.3) is 0 Å². The lowest BCUT2D eigenvalue weighted by molar-refractivity contribution is -0.139. The summed E-state index contributed by atoms with van der Waals surface area (Å²) in [5.74, 6) is -0.783. The van der Waals surface area contributed by atoms with Gasteiger partial charge in [-0.05, 0) is 61.4 Å². The molecule has 0 fully saturated rings. The van der Waals surface area contributed by atoms with E-state index in [1.165, 1.54) is 17.0 Å². The van der Waals surface area contributed by atoms with Crippen LogP contribution < -0.4 is 9.62 Å². The van der Waals surface area contributed by atoms with Crippen LogP contribution in [-0.2, 0) is 26.2 Å². The predicted octanol–water partition coefficient (Wildman–Crippen LogP) is 5.74. The third-order valence-corrected chi connectivity index (χ3v) is 8.78. The molecule has 0 radical (unpaired) electrons. The molecule has 38 heavy (non-hydrogen) atoms. The summed E-state index contributed by atoms with van der Waals surface area (Å²) in [6.07, 6.45) is 1.75. The van der Waals surface area contributed by atoms with E-state index in [-0.39, 0.29) is 17.3 Å². The fourth-order valence-corrected chi connectivity index (χ4v) is 5.86. The van der Waals surface area contributed by atoms with Gasteiger partial charge >= 0.3 is 0 Å². The fraction of sp³-hybridized carbons (Fsp3) is 0.286. The average Bonchev–Trinajstić information content (AvgIpc) is 2.91. The maximum atomic E-state index is 13.9. The maximum Gasteiger partial charge on any atom is 0.264 e. The van der Waals surface area contributed by atoms with Gasteiger partial charge in [0.2, 0.25) is 11.8 Å². The van der Waals surface area contributed by atoms with Gasteiger partial charge in [0.05, 0.1) is 10.6 Å². The minimum Gasteiger partial charge on any atom is -0.354 e. The second-order valence-electron chi connectivity index (χ2n) is 8.77. The molecule has 0 heterocycles. The van der Waals surface area contributed by atoms with Gasteiger partial charge in [0.1, 0.15) is 12.6 Å². The Kier molecular flexibility index (Phi) is 10.9. The van der Waals surface area contributed by atoms with Gasteiger partial charge in [-0.25, -0.2) is 8.42 Å². The van der Waals surface area contributed by atoms with E-state index in [9.17, 15) is 18.0 Å². The molecule has 1 atom stereocenters. The highest BCUT2D eigenvalue weighted by atomic mass is 79.9. The molecule has 2 amide bonds. The number of carbonyl (C=O) groups is 2. The van der Waals surface area contributed by atoms with Crippen molar-refractivity contribution < 1.29 is 18.0 Å². The Morgan fingerprint density at radius 1 is 0.921 bits per heavy atom. The van der Waals surface area contributed by atoms with Crippen molar-refractivity contribution in [2.24, 2.45) is 0 Å². The van der Waals surface area contributed by atoms with Gasteiger partial charge in [0, 0.05) is 22.0 Å². The number of benzene rings is 3. The minimum absolute atomic E-state index is 0.0672. The van der Waals surface area contributed by atoms with Crippen LogP contribution in [0.3, 0.4) is 0 Å². The van der Waals surface area contributed by atoms with E-state index in [0.717, 1.165) is 27.2 Å². The second kappa shape index (κ2) is 13.9. The molecular weight excluding hydrogens is 634 g/mol. The number of anilines is 1. The van der Waals surface area contributed by atoms with Crippen LogP contribution in [0.5, 0.6) is 0 Å². The SMILES string of the molecule is CCCCNC(=O)[C@@H](C)N(Cc1ccc(Br)cc1)C(=O)CN(c1cccc(Br)c1)S(=O)(=O)c1ccccc1. The summed E-state index contributed by atoms with van der Waals surface area (Å²) in [5, 5.41) is 2.88. The Hall–Kier alpha value is -2.69. The number of hydrogen-bond acceptors (Lipinski definition) is 4. The lowest BCUT2D eigenvalue weighted by atomic mass is 10.1. The van der Waals surface area contributed by atoms with E-state index in [2.05, 4.69) is 37.2 Å². The summed E-state index contributed by atoms with van der Waals surface area (Å²) in [7, 11) is -4.08. The molecule has 3 aromatic rings. The van der Waals surface area contributed by atoms with Gasteiger partial charge < -0.3 is 10.2 Å². The van der Waals surface area contributed by atoms with Crippen LogP contribution in [-0.4, -0.2) is 44.3 Å². The van der Waals surface area contributed by atoms with Gasteiger partial charge in [-0.3, -0.25) is 13.9 Å². The molecule has 7 nitrogen and oxygen atoms in total. The highest BCUT2D eigenvalue weighted by Crippen LogP contribution is 2.27. The Bertz CT molecular complexity index is 1340. The minimum atomic E-state index is -4.08. The fourth-order valence-electron chi connectivity index (χ4n) is 3.78. The largest absolute Gasteiger partial charge is 0.354 e. The molecular formula is C28H31Br2N3O4S. The third-order valence-electron chi connectivity index (χ3n) is 5.97. The smallest absolute Gasteiger partial charge is 0.264 e.